The highest BCUT2D eigenvalue weighted by Gasteiger charge is 2.69. The number of hydrogen-bond donors (Lipinski definition) is 0. The maximum absolute atomic E-state index is 14.8. The largest absolute Gasteiger partial charge is 0.493 e. The van der Waals surface area contributed by atoms with Gasteiger partial charge in [-0.15, -0.1) is 0 Å². The Morgan fingerprint density at radius 1 is 0.530 bits per heavy atom. The monoisotopic (exact) mass is 890 g/mol. The average Bonchev–Trinajstić information content (AvgIpc) is 3.67. The van der Waals surface area contributed by atoms with E-state index in [2.05, 4.69) is 77.9 Å². The standard InChI is InChI=1S/C56H62N2O8/c1-25(2)55-37-15-13-14-16-38(37)56(26(3)4,40-18-28(6)27(5)17-39(40)55)42-24-48-47(23-41(42)55)65-45-21-35-36(22-46(45)66-48)54(62)58(53(35)61)50-31(9)29(7)49(30(8)32(50)10)57-51(59)33-19-43(63-11)44(64-12)20-34(33)52(57)60/h13-20,25-26,35-36,41-42,45-48H,21-24H2,1-12H3. The Morgan fingerprint density at radius 3 is 1.26 bits per heavy atom. The first kappa shape index (κ1) is 43.3. The molecular weight excluding hydrogens is 829 g/mol. The predicted octanol–water partition coefficient (Wildman–Crippen LogP) is 9.71. The van der Waals surface area contributed by atoms with Crippen molar-refractivity contribution in [3.05, 3.63) is 115 Å². The first-order chi connectivity index (χ1) is 31.4. The number of aryl methyl sites for hydroxylation is 2. The molecule has 344 valence electrons. The highest BCUT2D eigenvalue weighted by molar-refractivity contribution is 6.35. The molecule has 4 fully saturated rings. The maximum atomic E-state index is 14.8. The minimum atomic E-state index is -0.544. The van der Waals surface area contributed by atoms with E-state index in [1.165, 1.54) is 69.5 Å². The van der Waals surface area contributed by atoms with Gasteiger partial charge in [0.1, 0.15) is 0 Å². The van der Waals surface area contributed by atoms with E-state index in [1.54, 1.807) is 0 Å². The Balaban J connectivity index is 0.914. The van der Waals surface area contributed by atoms with Crippen LogP contribution < -0.4 is 19.3 Å². The van der Waals surface area contributed by atoms with Crippen LogP contribution in [0.5, 0.6) is 11.5 Å². The molecule has 8 aliphatic rings. The lowest BCUT2D eigenvalue weighted by molar-refractivity contribution is -0.264. The Labute approximate surface area is 388 Å². The molecule has 12 rings (SSSR count). The van der Waals surface area contributed by atoms with Gasteiger partial charge in [-0.2, -0.15) is 0 Å². The van der Waals surface area contributed by atoms with E-state index >= 15 is 0 Å². The molecule has 66 heavy (non-hydrogen) atoms. The molecule has 3 aliphatic heterocycles. The molecule has 3 heterocycles. The summed E-state index contributed by atoms with van der Waals surface area (Å²) in [5.41, 5.74) is 12.3. The second-order valence-electron chi connectivity index (χ2n) is 21.3. The normalized spacial score (nSPS) is 31.4. The molecule has 2 saturated carbocycles. The van der Waals surface area contributed by atoms with Gasteiger partial charge in [-0.25, -0.2) is 9.80 Å². The van der Waals surface area contributed by atoms with E-state index in [9.17, 15) is 19.2 Å². The van der Waals surface area contributed by atoms with Gasteiger partial charge in [0.15, 0.2) is 11.5 Å². The summed E-state index contributed by atoms with van der Waals surface area (Å²) in [5.74, 6) is -0.442. The van der Waals surface area contributed by atoms with Crippen molar-refractivity contribution in [1.29, 1.82) is 0 Å². The third-order valence-corrected chi connectivity index (χ3v) is 18.2. The number of nitrogens with zero attached hydrogens (tertiary/aromatic N) is 2. The van der Waals surface area contributed by atoms with Crippen LogP contribution in [0, 0.1) is 77.0 Å². The highest BCUT2D eigenvalue weighted by Crippen LogP contribution is 2.72. The summed E-state index contributed by atoms with van der Waals surface area (Å²) in [5, 5.41) is 0. The number of fused-ring (bicyclic) bond motifs is 4. The van der Waals surface area contributed by atoms with Crippen LogP contribution in [0.3, 0.4) is 0 Å². The van der Waals surface area contributed by atoms with Crippen molar-refractivity contribution in [1.82, 2.24) is 0 Å². The number of methoxy groups -OCH3 is 2. The van der Waals surface area contributed by atoms with Gasteiger partial charge in [-0.3, -0.25) is 19.2 Å². The fraction of sp³-hybridized carbons (Fsp3) is 0.500. The van der Waals surface area contributed by atoms with Crippen molar-refractivity contribution in [3.63, 3.8) is 0 Å². The van der Waals surface area contributed by atoms with Crippen molar-refractivity contribution < 1.29 is 38.1 Å². The lowest BCUT2D eigenvalue weighted by Crippen LogP contribution is -2.68. The zero-order valence-corrected chi connectivity index (χ0v) is 40.4. The molecule has 0 aromatic heterocycles. The number of anilines is 2. The molecule has 5 aliphatic carbocycles. The number of ether oxygens (including phenoxy) is 4. The van der Waals surface area contributed by atoms with Crippen LogP contribution in [0.25, 0.3) is 0 Å². The van der Waals surface area contributed by atoms with Crippen LogP contribution in [-0.2, 0) is 29.9 Å². The summed E-state index contributed by atoms with van der Waals surface area (Å²) < 4.78 is 25.4. The Bertz CT molecular complexity index is 2660. The van der Waals surface area contributed by atoms with Crippen molar-refractivity contribution in [2.24, 2.45) is 35.5 Å². The zero-order chi connectivity index (χ0) is 46.8. The summed E-state index contributed by atoms with van der Waals surface area (Å²) in [6.45, 7) is 21.6. The van der Waals surface area contributed by atoms with Crippen LogP contribution in [0.4, 0.5) is 11.4 Å². The van der Waals surface area contributed by atoms with Crippen LogP contribution in [0.2, 0.25) is 0 Å². The molecule has 10 atom stereocenters. The van der Waals surface area contributed by atoms with Crippen molar-refractivity contribution in [3.8, 4) is 11.5 Å². The molecule has 0 radical (unpaired) electrons. The minimum absolute atomic E-state index is 0.125. The van der Waals surface area contributed by atoms with Gasteiger partial charge in [-0.1, -0.05) is 64.1 Å². The quantitative estimate of drug-likeness (QED) is 0.176. The summed E-state index contributed by atoms with van der Waals surface area (Å²) in [4.78, 5) is 60.2. The minimum Gasteiger partial charge on any atom is -0.493 e. The molecule has 0 N–H and O–H groups in total. The topological polar surface area (TPSA) is 112 Å². The summed E-state index contributed by atoms with van der Waals surface area (Å²) >= 11 is 0. The third-order valence-electron chi connectivity index (χ3n) is 18.2. The Morgan fingerprint density at radius 2 is 0.894 bits per heavy atom. The van der Waals surface area contributed by atoms with E-state index in [1.807, 2.05) is 27.7 Å². The van der Waals surface area contributed by atoms with Gasteiger partial charge < -0.3 is 18.9 Å². The molecule has 10 unspecified atom stereocenters. The summed E-state index contributed by atoms with van der Waals surface area (Å²) in [6, 6.07) is 17.4. The van der Waals surface area contributed by atoms with Crippen molar-refractivity contribution in [2.45, 2.75) is 130 Å². The first-order valence-electron chi connectivity index (χ1n) is 24.1. The lowest BCUT2D eigenvalue weighted by Gasteiger charge is -2.69. The molecule has 4 aromatic rings. The van der Waals surface area contributed by atoms with Crippen molar-refractivity contribution in [2.75, 3.05) is 24.0 Å². The van der Waals surface area contributed by atoms with Gasteiger partial charge >= 0.3 is 0 Å². The Hall–Kier alpha value is -5.32. The second kappa shape index (κ2) is 14.6. The van der Waals surface area contributed by atoms with E-state index in [0.29, 0.717) is 81.6 Å². The fourth-order valence-electron chi connectivity index (χ4n) is 15.1. The number of carbonyl (C=O) groups is 4. The molecule has 10 heteroatoms. The van der Waals surface area contributed by atoms with E-state index in [0.717, 1.165) is 12.8 Å². The molecule has 2 saturated heterocycles. The molecule has 2 bridgehead atoms. The van der Waals surface area contributed by atoms with Gasteiger partial charge in [-0.05, 0) is 159 Å². The Kier molecular flexibility index (Phi) is 9.56. The first-order valence-corrected chi connectivity index (χ1v) is 24.1. The zero-order valence-electron chi connectivity index (χ0n) is 40.4. The van der Waals surface area contributed by atoms with E-state index in [-0.39, 0.29) is 58.2 Å². The average molecular weight is 891 g/mol. The molecule has 10 nitrogen and oxygen atoms in total. The SMILES string of the molecule is COc1cc2c(cc1OC)C(=O)N(c1c(C)c(C)c(N3C(=O)C4CC5OC6CC7C(CC6OC5CC4C3=O)C3(C(C)C)c4ccccc4C7(C(C)C)c4cc(C)c(C)cc43)c(C)c1C)C2=O. The van der Waals surface area contributed by atoms with Gasteiger partial charge in [0.05, 0.1) is 73.0 Å². The van der Waals surface area contributed by atoms with Crippen LogP contribution in [0.1, 0.15) is 130 Å². The molecule has 4 amide bonds. The van der Waals surface area contributed by atoms with E-state index < -0.39 is 23.7 Å². The van der Waals surface area contributed by atoms with Crippen molar-refractivity contribution >= 4 is 35.0 Å². The number of benzene rings is 4. The maximum Gasteiger partial charge on any atom is 0.266 e. The number of rotatable bonds is 6. The third kappa shape index (κ3) is 5.20. The van der Waals surface area contributed by atoms with Gasteiger partial charge in [0.25, 0.3) is 11.8 Å². The summed E-state index contributed by atoms with van der Waals surface area (Å²) in [7, 11) is 2.97. The number of imide groups is 2. The number of carbonyl (C=O) groups excluding carboxylic acids is 4. The summed E-state index contributed by atoms with van der Waals surface area (Å²) in [6.07, 6.45) is 1.71. The predicted molar refractivity (Wildman–Crippen MR) is 252 cm³/mol. The second-order valence-corrected chi connectivity index (χ2v) is 21.3. The van der Waals surface area contributed by atoms with Gasteiger partial charge in [0, 0.05) is 10.8 Å². The van der Waals surface area contributed by atoms with Crippen LogP contribution >= 0.6 is 0 Å². The smallest absolute Gasteiger partial charge is 0.266 e. The van der Waals surface area contributed by atoms with E-state index in [4.69, 9.17) is 18.9 Å². The van der Waals surface area contributed by atoms with Crippen LogP contribution in [-0.4, -0.2) is 62.3 Å². The highest BCUT2D eigenvalue weighted by atomic mass is 16.6. The number of amides is 4. The van der Waals surface area contributed by atoms with Crippen LogP contribution in [0.15, 0.2) is 48.5 Å². The van der Waals surface area contributed by atoms with Gasteiger partial charge in [0.2, 0.25) is 11.8 Å². The molecule has 0 spiro atoms. The number of hydrogen-bond acceptors (Lipinski definition) is 8. The molecule has 4 aromatic carbocycles. The molecular formula is C56H62N2O8. The fourth-order valence-corrected chi connectivity index (χ4v) is 15.1. The lowest BCUT2D eigenvalue weighted by atomic mass is 9.35.